The number of nitrogens with one attached hydrogen (secondary N) is 1. The fourth-order valence-electron chi connectivity index (χ4n) is 1.68. The summed E-state index contributed by atoms with van der Waals surface area (Å²) in [7, 11) is -3.52. The average Bonchev–Trinajstić information content (AvgIpc) is 2.88. The van der Waals surface area contributed by atoms with Crippen LogP contribution in [0.25, 0.3) is 0 Å². The lowest BCUT2D eigenvalue weighted by molar-refractivity contribution is 0.601. The van der Waals surface area contributed by atoms with Gasteiger partial charge in [0.05, 0.1) is 4.90 Å². The molecule has 6 heteroatoms. The number of nitrogens with two attached hydrogens (primary N) is 1. The van der Waals surface area contributed by atoms with Crippen molar-refractivity contribution in [2.24, 2.45) is 5.73 Å². The second-order valence-electron chi connectivity index (χ2n) is 4.11. The molecule has 0 saturated carbocycles. The van der Waals surface area contributed by atoms with E-state index in [1.54, 1.807) is 17.5 Å². The quantitative estimate of drug-likeness (QED) is 0.890. The van der Waals surface area contributed by atoms with Gasteiger partial charge in [-0.3, -0.25) is 4.72 Å². The number of sulfonamides is 1. The Morgan fingerprint density at radius 3 is 2.74 bits per heavy atom. The van der Waals surface area contributed by atoms with Gasteiger partial charge in [0, 0.05) is 22.5 Å². The van der Waals surface area contributed by atoms with Crippen molar-refractivity contribution in [3.63, 3.8) is 0 Å². The van der Waals surface area contributed by atoms with E-state index in [1.807, 2.05) is 25.1 Å². The van der Waals surface area contributed by atoms with E-state index in [0.29, 0.717) is 12.2 Å². The summed E-state index contributed by atoms with van der Waals surface area (Å²) >= 11 is 1.35. The van der Waals surface area contributed by atoms with E-state index in [2.05, 4.69) is 4.72 Å². The highest BCUT2D eigenvalue weighted by Gasteiger charge is 2.16. The fraction of sp³-hybridized carbons (Fsp3) is 0.231. The molecule has 1 heterocycles. The van der Waals surface area contributed by atoms with Crippen molar-refractivity contribution in [2.45, 2.75) is 24.8 Å². The largest absolute Gasteiger partial charge is 0.326 e. The van der Waals surface area contributed by atoms with Gasteiger partial charge in [-0.15, -0.1) is 11.3 Å². The van der Waals surface area contributed by atoms with Gasteiger partial charge in [0.1, 0.15) is 0 Å². The van der Waals surface area contributed by atoms with Gasteiger partial charge in [0.25, 0.3) is 10.0 Å². The van der Waals surface area contributed by atoms with Crippen LogP contribution in [-0.4, -0.2) is 8.42 Å². The van der Waals surface area contributed by atoms with Gasteiger partial charge >= 0.3 is 0 Å². The standard InChI is InChI=1S/C13H16N2O2S2/c1-2-10-4-3-5-11(6-10)15-19(16,17)13-7-12(8-14)18-9-13/h3-7,9,15H,2,8,14H2,1H3. The van der Waals surface area contributed by atoms with Crippen molar-refractivity contribution >= 4 is 27.0 Å². The summed E-state index contributed by atoms with van der Waals surface area (Å²) in [5.74, 6) is 0. The van der Waals surface area contributed by atoms with E-state index >= 15 is 0 Å². The molecule has 2 aromatic rings. The lowest BCUT2D eigenvalue weighted by Gasteiger charge is -2.07. The summed E-state index contributed by atoms with van der Waals surface area (Å²) in [6.07, 6.45) is 0.866. The number of benzene rings is 1. The van der Waals surface area contributed by atoms with Crippen LogP contribution in [0.1, 0.15) is 17.4 Å². The molecule has 0 saturated heterocycles. The molecule has 3 N–H and O–H groups in total. The van der Waals surface area contributed by atoms with Crippen molar-refractivity contribution in [3.05, 3.63) is 46.2 Å². The van der Waals surface area contributed by atoms with E-state index < -0.39 is 10.0 Å². The van der Waals surface area contributed by atoms with Gasteiger partial charge in [-0.1, -0.05) is 19.1 Å². The minimum atomic E-state index is -3.52. The van der Waals surface area contributed by atoms with Gasteiger partial charge in [0.15, 0.2) is 0 Å². The minimum absolute atomic E-state index is 0.264. The molecule has 19 heavy (non-hydrogen) atoms. The molecule has 0 spiro atoms. The van der Waals surface area contributed by atoms with Crippen molar-refractivity contribution < 1.29 is 8.42 Å². The van der Waals surface area contributed by atoms with E-state index in [4.69, 9.17) is 5.73 Å². The summed E-state index contributed by atoms with van der Waals surface area (Å²) in [6, 6.07) is 9.00. The maximum absolute atomic E-state index is 12.2. The third-order valence-corrected chi connectivity index (χ3v) is 5.20. The molecule has 0 aliphatic rings. The molecule has 102 valence electrons. The molecule has 0 unspecified atom stereocenters. The number of anilines is 1. The highest BCUT2D eigenvalue weighted by molar-refractivity contribution is 7.92. The molecule has 0 bridgehead atoms. The Kier molecular flexibility index (Phi) is 4.24. The fourth-order valence-corrected chi connectivity index (χ4v) is 3.88. The van der Waals surface area contributed by atoms with Crippen LogP contribution >= 0.6 is 11.3 Å². The zero-order valence-corrected chi connectivity index (χ0v) is 12.2. The van der Waals surface area contributed by atoms with Crippen molar-refractivity contribution in [3.8, 4) is 0 Å². The number of aryl methyl sites for hydroxylation is 1. The lowest BCUT2D eigenvalue weighted by Crippen LogP contribution is -2.12. The molecule has 4 nitrogen and oxygen atoms in total. The first-order chi connectivity index (χ1) is 9.05. The van der Waals surface area contributed by atoms with Gasteiger partial charge in [-0.05, 0) is 30.2 Å². The highest BCUT2D eigenvalue weighted by Crippen LogP contribution is 2.22. The van der Waals surface area contributed by atoms with Crippen LogP contribution in [0.2, 0.25) is 0 Å². The Labute approximate surface area is 117 Å². The second kappa shape index (κ2) is 5.73. The van der Waals surface area contributed by atoms with Gasteiger partial charge in [0.2, 0.25) is 0 Å². The summed E-state index contributed by atoms with van der Waals surface area (Å²) < 4.78 is 27.0. The molecule has 2 rings (SSSR count). The minimum Gasteiger partial charge on any atom is -0.326 e. The van der Waals surface area contributed by atoms with E-state index in [0.717, 1.165) is 16.9 Å². The van der Waals surface area contributed by atoms with Crippen molar-refractivity contribution in [2.75, 3.05) is 4.72 Å². The lowest BCUT2D eigenvalue weighted by atomic mass is 10.1. The summed E-state index contributed by atoms with van der Waals surface area (Å²) in [6.45, 7) is 2.38. The number of hydrogen-bond donors (Lipinski definition) is 2. The van der Waals surface area contributed by atoms with Gasteiger partial charge < -0.3 is 5.73 Å². The Morgan fingerprint density at radius 1 is 1.32 bits per heavy atom. The first-order valence-corrected chi connectivity index (χ1v) is 8.30. The van der Waals surface area contributed by atoms with Gasteiger partial charge in [-0.2, -0.15) is 0 Å². The molecule has 0 amide bonds. The van der Waals surface area contributed by atoms with Crippen molar-refractivity contribution in [1.29, 1.82) is 0 Å². The molecule has 1 aromatic carbocycles. The molecule has 0 atom stereocenters. The van der Waals surface area contributed by atoms with Gasteiger partial charge in [-0.25, -0.2) is 8.42 Å². The summed E-state index contributed by atoms with van der Waals surface area (Å²) in [4.78, 5) is 1.11. The smallest absolute Gasteiger partial charge is 0.262 e. The molecule has 0 fully saturated rings. The molecule has 1 aromatic heterocycles. The summed E-state index contributed by atoms with van der Waals surface area (Å²) in [5, 5.41) is 1.61. The number of hydrogen-bond acceptors (Lipinski definition) is 4. The number of thiophene rings is 1. The van der Waals surface area contributed by atoms with E-state index in [9.17, 15) is 8.42 Å². The van der Waals surface area contributed by atoms with Crippen molar-refractivity contribution in [1.82, 2.24) is 0 Å². The van der Waals surface area contributed by atoms with Crippen LogP contribution in [0.4, 0.5) is 5.69 Å². The topological polar surface area (TPSA) is 72.2 Å². The van der Waals surface area contributed by atoms with Crippen LogP contribution in [-0.2, 0) is 23.0 Å². The van der Waals surface area contributed by atoms with E-state index in [-0.39, 0.29) is 4.90 Å². The molecular formula is C13H16N2O2S2. The maximum atomic E-state index is 12.2. The third-order valence-electron chi connectivity index (χ3n) is 2.73. The van der Waals surface area contributed by atoms with Crippen LogP contribution < -0.4 is 10.5 Å². The van der Waals surface area contributed by atoms with Crippen LogP contribution in [0.3, 0.4) is 0 Å². The SMILES string of the molecule is CCc1cccc(NS(=O)(=O)c2csc(CN)c2)c1. The Balaban J connectivity index is 2.25. The molecular weight excluding hydrogens is 280 g/mol. The van der Waals surface area contributed by atoms with E-state index in [1.165, 1.54) is 11.3 Å². The maximum Gasteiger partial charge on any atom is 0.262 e. The molecule has 0 aliphatic carbocycles. The molecule has 0 radical (unpaired) electrons. The Hall–Kier alpha value is -1.37. The monoisotopic (exact) mass is 296 g/mol. The number of rotatable bonds is 5. The van der Waals surface area contributed by atoms with Crippen LogP contribution in [0, 0.1) is 0 Å². The second-order valence-corrected chi connectivity index (χ2v) is 6.79. The Bertz CT molecular complexity index is 663. The first-order valence-electron chi connectivity index (χ1n) is 5.94. The summed E-state index contributed by atoms with van der Waals surface area (Å²) in [5.41, 5.74) is 7.17. The van der Waals surface area contributed by atoms with Crippen LogP contribution in [0.5, 0.6) is 0 Å². The zero-order valence-electron chi connectivity index (χ0n) is 10.6. The predicted molar refractivity (Wildman–Crippen MR) is 78.8 cm³/mol. The molecule has 0 aliphatic heterocycles. The predicted octanol–water partition coefficient (Wildman–Crippen LogP) is 2.57. The Morgan fingerprint density at radius 2 is 2.11 bits per heavy atom. The average molecular weight is 296 g/mol. The normalized spacial score (nSPS) is 11.5. The third kappa shape index (κ3) is 3.34. The zero-order chi connectivity index (χ0) is 13.9. The highest BCUT2D eigenvalue weighted by atomic mass is 32.2. The first kappa shape index (κ1) is 14.0. The van der Waals surface area contributed by atoms with Crippen LogP contribution in [0.15, 0.2) is 40.6 Å².